The molecule has 1 aromatic rings. The van der Waals surface area contributed by atoms with Crippen LogP contribution in [0.1, 0.15) is 49.8 Å². The van der Waals surface area contributed by atoms with E-state index in [-0.39, 0.29) is 17.7 Å². The van der Waals surface area contributed by atoms with Gasteiger partial charge in [-0.15, -0.1) is 0 Å². The number of hydrogen-bond donors (Lipinski definition) is 3. The third-order valence-corrected chi connectivity index (χ3v) is 5.01. The molecule has 3 unspecified atom stereocenters. The molecule has 1 saturated carbocycles. The predicted molar refractivity (Wildman–Crippen MR) is 86.6 cm³/mol. The van der Waals surface area contributed by atoms with Gasteiger partial charge in [-0.25, -0.2) is 0 Å². The van der Waals surface area contributed by atoms with Crippen molar-refractivity contribution >= 4 is 11.8 Å². The minimum atomic E-state index is -0.613. The lowest BCUT2D eigenvalue weighted by molar-refractivity contribution is -0.130. The zero-order valence-electron chi connectivity index (χ0n) is 13.4. The SMILES string of the molecule is CC(=O)NC(C(=O)NC1c2ccccc2CC1O)C1CCCC1. The largest absolute Gasteiger partial charge is 0.390 e. The molecule has 0 spiro atoms. The van der Waals surface area contributed by atoms with Crippen molar-refractivity contribution in [3.05, 3.63) is 35.4 Å². The molecule has 0 heterocycles. The molecule has 1 fully saturated rings. The molecule has 5 heteroatoms. The average Bonchev–Trinajstić information content (AvgIpc) is 3.13. The molecule has 5 nitrogen and oxygen atoms in total. The number of hydrogen-bond acceptors (Lipinski definition) is 3. The van der Waals surface area contributed by atoms with E-state index in [1.54, 1.807) is 0 Å². The van der Waals surface area contributed by atoms with E-state index >= 15 is 0 Å². The number of aliphatic hydroxyl groups is 1. The second-order valence-corrected chi connectivity index (χ2v) is 6.68. The van der Waals surface area contributed by atoms with Crippen molar-refractivity contribution in [2.24, 2.45) is 5.92 Å². The van der Waals surface area contributed by atoms with Crippen LogP contribution in [0.25, 0.3) is 0 Å². The van der Waals surface area contributed by atoms with Gasteiger partial charge >= 0.3 is 0 Å². The smallest absolute Gasteiger partial charge is 0.243 e. The molecular formula is C18H24N2O3. The summed E-state index contributed by atoms with van der Waals surface area (Å²) in [5.41, 5.74) is 2.04. The van der Waals surface area contributed by atoms with Crippen LogP contribution in [0.2, 0.25) is 0 Å². The minimum Gasteiger partial charge on any atom is -0.390 e. The molecule has 23 heavy (non-hydrogen) atoms. The number of carbonyl (C=O) groups is 2. The topological polar surface area (TPSA) is 78.4 Å². The maximum Gasteiger partial charge on any atom is 0.243 e. The van der Waals surface area contributed by atoms with E-state index in [9.17, 15) is 14.7 Å². The van der Waals surface area contributed by atoms with Gasteiger partial charge in [-0.2, -0.15) is 0 Å². The van der Waals surface area contributed by atoms with Gasteiger partial charge in [-0.3, -0.25) is 9.59 Å². The number of carbonyl (C=O) groups excluding carboxylic acids is 2. The number of rotatable bonds is 4. The molecule has 1 aromatic carbocycles. The normalized spacial score (nSPS) is 25.0. The Morgan fingerprint density at radius 3 is 2.61 bits per heavy atom. The van der Waals surface area contributed by atoms with Crippen molar-refractivity contribution in [1.82, 2.24) is 10.6 Å². The van der Waals surface area contributed by atoms with E-state index in [0.29, 0.717) is 6.42 Å². The highest BCUT2D eigenvalue weighted by molar-refractivity contribution is 5.87. The van der Waals surface area contributed by atoms with Gasteiger partial charge in [0.15, 0.2) is 0 Å². The Morgan fingerprint density at radius 2 is 1.91 bits per heavy atom. The van der Waals surface area contributed by atoms with Crippen molar-refractivity contribution < 1.29 is 14.7 Å². The summed E-state index contributed by atoms with van der Waals surface area (Å²) in [7, 11) is 0. The van der Waals surface area contributed by atoms with Gasteiger partial charge < -0.3 is 15.7 Å². The summed E-state index contributed by atoms with van der Waals surface area (Å²) < 4.78 is 0. The van der Waals surface area contributed by atoms with E-state index in [4.69, 9.17) is 0 Å². The Hall–Kier alpha value is -1.88. The first kappa shape index (κ1) is 16.0. The zero-order chi connectivity index (χ0) is 16.4. The molecular weight excluding hydrogens is 292 g/mol. The molecule has 2 amide bonds. The third kappa shape index (κ3) is 3.39. The second-order valence-electron chi connectivity index (χ2n) is 6.68. The first-order valence-corrected chi connectivity index (χ1v) is 8.39. The highest BCUT2D eigenvalue weighted by Gasteiger charge is 2.36. The Morgan fingerprint density at radius 1 is 1.22 bits per heavy atom. The Bertz CT molecular complexity index is 596. The van der Waals surface area contributed by atoms with Gasteiger partial charge in [-0.1, -0.05) is 37.1 Å². The summed E-state index contributed by atoms with van der Waals surface area (Å²) in [5, 5.41) is 16.1. The molecule has 3 N–H and O–H groups in total. The summed E-state index contributed by atoms with van der Waals surface area (Å²) in [6, 6.07) is 6.88. The first-order chi connectivity index (χ1) is 11.1. The summed E-state index contributed by atoms with van der Waals surface area (Å²) in [6.07, 6.45) is 4.06. The van der Waals surface area contributed by atoms with Crippen LogP contribution in [0.15, 0.2) is 24.3 Å². The van der Waals surface area contributed by atoms with E-state index in [2.05, 4.69) is 10.6 Å². The molecule has 0 bridgehead atoms. The Labute approximate surface area is 136 Å². The lowest BCUT2D eigenvalue weighted by Crippen LogP contribution is -2.51. The van der Waals surface area contributed by atoms with Crippen LogP contribution in [-0.2, 0) is 16.0 Å². The number of fused-ring (bicyclic) bond motifs is 1. The van der Waals surface area contributed by atoms with Crippen LogP contribution in [0.5, 0.6) is 0 Å². The third-order valence-electron chi connectivity index (χ3n) is 5.01. The number of benzene rings is 1. The zero-order valence-corrected chi connectivity index (χ0v) is 13.4. The van der Waals surface area contributed by atoms with Crippen molar-refractivity contribution in [3.63, 3.8) is 0 Å². The Balaban J connectivity index is 1.74. The van der Waals surface area contributed by atoms with Gasteiger partial charge in [0, 0.05) is 13.3 Å². The number of amides is 2. The van der Waals surface area contributed by atoms with Gasteiger partial charge in [0.1, 0.15) is 6.04 Å². The lowest BCUT2D eigenvalue weighted by atomic mass is 9.96. The Kier molecular flexibility index (Phi) is 4.66. The lowest BCUT2D eigenvalue weighted by Gasteiger charge is -2.26. The van der Waals surface area contributed by atoms with Crippen LogP contribution in [0.3, 0.4) is 0 Å². The summed E-state index contributed by atoms with van der Waals surface area (Å²) in [6.45, 7) is 1.44. The fraction of sp³-hybridized carbons (Fsp3) is 0.556. The molecule has 0 aromatic heterocycles. The summed E-state index contributed by atoms with van der Waals surface area (Å²) >= 11 is 0. The number of aliphatic hydroxyl groups excluding tert-OH is 1. The van der Waals surface area contributed by atoms with Crippen LogP contribution < -0.4 is 10.6 Å². The van der Waals surface area contributed by atoms with Crippen LogP contribution in [-0.4, -0.2) is 29.1 Å². The van der Waals surface area contributed by atoms with Crippen molar-refractivity contribution in [2.45, 2.75) is 57.2 Å². The molecule has 0 aliphatic heterocycles. The molecule has 0 radical (unpaired) electrons. The van der Waals surface area contributed by atoms with E-state index in [1.165, 1.54) is 6.92 Å². The highest BCUT2D eigenvalue weighted by atomic mass is 16.3. The van der Waals surface area contributed by atoms with Crippen molar-refractivity contribution in [1.29, 1.82) is 0 Å². The van der Waals surface area contributed by atoms with Gasteiger partial charge in [0.05, 0.1) is 12.1 Å². The molecule has 2 aliphatic carbocycles. The molecule has 3 atom stereocenters. The number of nitrogens with one attached hydrogen (secondary N) is 2. The quantitative estimate of drug-likeness (QED) is 0.787. The van der Waals surface area contributed by atoms with Crippen LogP contribution in [0, 0.1) is 5.92 Å². The van der Waals surface area contributed by atoms with Crippen molar-refractivity contribution in [2.75, 3.05) is 0 Å². The van der Waals surface area contributed by atoms with E-state index in [0.717, 1.165) is 36.8 Å². The van der Waals surface area contributed by atoms with E-state index in [1.807, 2.05) is 24.3 Å². The summed E-state index contributed by atoms with van der Waals surface area (Å²) in [4.78, 5) is 24.2. The van der Waals surface area contributed by atoms with Gasteiger partial charge in [0.25, 0.3) is 0 Å². The van der Waals surface area contributed by atoms with Crippen molar-refractivity contribution in [3.8, 4) is 0 Å². The minimum absolute atomic E-state index is 0.187. The monoisotopic (exact) mass is 316 g/mol. The maximum absolute atomic E-state index is 12.7. The maximum atomic E-state index is 12.7. The van der Waals surface area contributed by atoms with Gasteiger partial charge in [-0.05, 0) is 29.9 Å². The molecule has 124 valence electrons. The predicted octanol–water partition coefficient (Wildman–Crippen LogP) is 1.46. The average molecular weight is 316 g/mol. The fourth-order valence-corrected chi connectivity index (χ4v) is 3.90. The first-order valence-electron chi connectivity index (χ1n) is 8.39. The molecule has 3 rings (SSSR count). The van der Waals surface area contributed by atoms with Crippen LogP contribution >= 0.6 is 0 Å². The van der Waals surface area contributed by atoms with E-state index < -0.39 is 18.2 Å². The van der Waals surface area contributed by atoms with Gasteiger partial charge in [0.2, 0.25) is 11.8 Å². The molecule has 0 saturated heterocycles. The van der Waals surface area contributed by atoms with Crippen LogP contribution in [0.4, 0.5) is 0 Å². The second kappa shape index (κ2) is 6.71. The molecule has 2 aliphatic rings. The summed E-state index contributed by atoms with van der Waals surface area (Å²) in [5.74, 6) is -0.190. The fourth-order valence-electron chi connectivity index (χ4n) is 3.90. The highest BCUT2D eigenvalue weighted by Crippen LogP contribution is 2.32. The standard InChI is InChI=1S/C18H24N2O3/c1-11(21)19-16(12-6-2-3-7-12)18(23)20-17-14-9-5-4-8-13(14)10-15(17)22/h4-5,8-9,12,15-17,22H,2-3,6-7,10H2,1H3,(H,19,21)(H,20,23).